The molecule has 4 nitrogen and oxygen atoms in total. The van der Waals surface area contributed by atoms with Crippen LogP contribution in [0.2, 0.25) is 0 Å². The summed E-state index contributed by atoms with van der Waals surface area (Å²) >= 11 is 4.12. The van der Waals surface area contributed by atoms with Crippen LogP contribution >= 0.6 is 33.9 Å². The predicted octanol–water partition coefficient (Wildman–Crippen LogP) is 1.83. The molecule has 1 atom stereocenters. The lowest BCUT2D eigenvalue weighted by molar-refractivity contribution is 0.179. The second kappa shape index (κ2) is 7.88. The first-order chi connectivity index (χ1) is 8.11. The van der Waals surface area contributed by atoms with Crippen molar-refractivity contribution in [3.8, 4) is 0 Å². The first-order valence-corrected chi connectivity index (χ1v) is 7.31. The Balaban J connectivity index is 2.28. The second-order valence-corrected chi connectivity index (χ2v) is 6.79. The van der Waals surface area contributed by atoms with Gasteiger partial charge >= 0.3 is 0 Å². The van der Waals surface area contributed by atoms with Gasteiger partial charge in [-0.15, -0.1) is 11.3 Å². The second-order valence-electron chi connectivity index (χ2n) is 3.72. The Morgan fingerprint density at radius 1 is 1.65 bits per heavy atom. The number of halogens is 1. The highest BCUT2D eigenvalue weighted by Crippen LogP contribution is 2.18. The quantitative estimate of drug-likeness (QED) is 0.458. The Hall–Kier alpha value is -0.340. The van der Waals surface area contributed by atoms with Gasteiger partial charge in [-0.25, -0.2) is 0 Å². The van der Waals surface area contributed by atoms with Gasteiger partial charge in [-0.3, -0.25) is 4.99 Å². The molecule has 3 N–H and O–H groups in total. The summed E-state index contributed by atoms with van der Waals surface area (Å²) in [5, 5.41) is 3.08. The molecule has 0 saturated heterocycles. The average molecular weight is 367 g/mol. The summed E-state index contributed by atoms with van der Waals surface area (Å²) < 4.78 is 6.32. The molecule has 0 amide bonds. The van der Waals surface area contributed by atoms with E-state index in [0.717, 1.165) is 13.0 Å². The Labute approximate surface area is 120 Å². The largest absolute Gasteiger partial charge is 0.383 e. The molecular weight excluding hydrogens is 349 g/mol. The maximum atomic E-state index is 5.76. The van der Waals surface area contributed by atoms with Crippen LogP contribution in [0, 0.1) is 2.88 Å². The maximum Gasteiger partial charge on any atom is 0.188 e. The van der Waals surface area contributed by atoms with Gasteiger partial charge in [0.15, 0.2) is 5.96 Å². The van der Waals surface area contributed by atoms with Gasteiger partial charge in [0.2, 0.25) is 0 Å². The van der Waals surface area contributed by atoms with Crippen molar-refractivity contribution < 1.29 is 4.74 Å². The van der Waals surface area contributed by atoms with E-state index in [9.17, 15) is 0 Å². The summed E-state index contributed by atoms with van der Waals surface area (Å²) in [6.45, 7) is 3.35. The van der Waals surface area contributed by atoms with Crippen molar-refractivity contribution in [2.45, 2.75) is 19.4 Å². The molecule has 96 valence electrons. The minimum atomic E-state index is 0.187. The third-order valence-electron chi connectivity index (χ3n) is 2.08. The van der Waals surface area contributed by atoms with Crippen LogP contribution in [-0.2, 0) is 11.2 Å². The first kappa shape index (κ1) is 14.7. The molecule has 0 saturated carbocycles. The number of hydrogen-bond acceptors (Lipinski definition) is 3. The SMILES string of the molecule is COCC(C)NC(N)=NCCc1ccc(I)s1. The molecule has 1 heterocycles. The van der Waals surface area contributed by atoms with Crippen molar-refractivity contribution in [3.63, 3.8) is 0 Å². The zero-order valence-corrected chi connectivity index (χ0v) is 13.0. The van der Waals surface area contributed by atoms with Gasteiger partial charge in [-0.2, -0.15) is 0 Å². The van der Waals surface area contributed by atoms with E-state index in [1.807, 2.05) is 6.92 Å². The number of nitrogens with one attached hydrogen (secondary N) is 1. The van der Waals surface area contributed by atoms with E-state index in [2.05, 4.69) is 45.0 Å². The van der Waals surface area contributed by atoms with Crippen LogP contribution in [0.3, 0.4) is 0 Å². The summed E-state index contributed by atoms with van der Waals surface area (Å²) in [6.07, 6.45) is 0.939. The summed E-state index contributed by atoms with van der Waals surface area (Å²) in [7, 11) is 1.67. The van der Waals surface area contributed by atoms with Crippen LogP contribution in [-0.4, -0.2) is 32.3 Å². The lowest BCUT2D eigenvalue weighted by atomic mass is 10.3. The topological polar surface area (TPSA) is 59.6 Å². The van der Waals surface area contributed by atoms with E-state index in [-0.39, 0.29) is 6.04 Å². The molecule has 1 unspecified atom stereocenters. The van der Waals surface area contributed by atoms with E-state index < -0.39 is 0 Å². The van der Waals surface area contributed by atoms with Gasteiger partial charge in [0.1, 0.15) is 0 Å². The summed E-state index contributed by atoms with van der Waals surface area (Å²) in [6, 6.07) is 4.44. The molecule has 0 aliphatic heterocycles. The highest BCUT2D eigenvalue weighted by atomic mass is 127. The van der Waals surface area contributed by atoms with Gasteiger partial charge in [-0.1, -0.05) is 0 Å². The van der Waals surface area contributed by atoms with Crippen LogP contribution in [0.25, 0.3) is 0 Å². The molecule has 0 fully saturated rings. The fourth-order valence-electron chi connectivity index (χ4n) is 1.36. The Morgan fingerprint density at radius 3 is 3.00 bits per heavy atom. The summed E-state index contributed by atoms with van der Waals surface area (Å²) in [5.41, 5.74) is 5.76. The maximum absolute atomic E-state index is 5.76. The van der Waals surface area contributed by atoms with Crippen molar-refractivity contribution >= 4 is 39.9 Å². The molecule has 0 radical (unpaired) electrons. The molecule has 0 spiro atoms. The number of thiophene rings is 1. The first-order valence-electron chi connectivity index (χ1n) is 5.41. The standard InChI is InChI=1S/C11H18IN3OS/c1-8(7-16-2)15-11(13)14-6-5-9-3-4-10(12)17-9/h3-4,8H,5-7H2,1-2H3,(H3,13,14,15). The lowest BCUT2D eigenvalue weighted by Crippen LogP contribution is -2.40. The monoisotopic (exact) mass is 367 g/mol. The molecule has 0 aliphatic carbocycles. The van der Waals surface area contributed by atoms with Crippen molar-refractivity contribution in [1.29, 1.82) is 0 Å². The predicted molar refractivity (Wildman–Crippen MR) is 81.7 cm³/mol. The molecule has 0 aliphatic rings. The third kappa shape index (κ3) is 6.23. The summed E-state index contributed by atoms with van der Waals surface area (Å²) in [5.74, 6) is 0.487. The van der Waals surface area contributed by atoms with Crippen LogP contribution < -0.4 is 11.1 Å². The number of guanidine groups is 1. The van der Waals surface area contributed by atoms with Crippen LogP contribution in [0.4, 0.5) is 0 Å². The van der Waals surface area contributed by atoms with Crippen molar-refractivity contribution in [2.24, 2.45) is 10.7 Å². The zero-order chi connectivity index (χ0) is 12.7. The Bertz CT molecular complexity index is 367. The molecular formula is C11H18IN3OS. The minimum Gasteiger partial charge on any atom is -0.383 e. The Morgan fingerprint density at radius 2 is 2.41 bits per heavy atom. The van der Waals surface area contributed by atoms with Crippen LogP contribution in [0.5, 0.6) is 0 Å². The fourth-order valence-corrected chi connectivity index (χ4v) is 3.11. The number of hydrogen-bond donors (Lipinski definition) is 2. The van der Waals surface area contributed by atoms with Gasteiger partial charge in [0.05, 0.1) is 9.49 Å². The highest BCUT2D eigenvalue weighted by Gasteiger charge is 2.01. The molecule has 0 bridgehead atoms. The number of aliphatic imine (C=N–C) groups is 1. The van der Waals surface area contributed by atoms with Crippen LogP contribution in [0.15, 0.2) is 17.1 Å². The van der Waals surface area contributed by atoms with E-state index >= 15 is 0 Å². The smallest absolute Gasteiger partial charge is 0.188 e. The third-order valence-corrected chi connectivity index (χ3v) is 4.03. The zero-order valence-electron chi connectivity index (χ0n) is 10.1. The molecule has 1 rings (SSSR count). The van der Waals surface area contributed by atoms with Crippen LogP contribution in [0.1, 0.15) is 11.8 Å². The average Bonchev–Trinajstić information content (AvgIpc) is 2.64. The lowest BCUT2D eigenvalue weighted by Gasteiger charge is -2.12. The van der Waals surface area contributed by atoms with Gasteiger partial charge in [0.25, 0.3) is 0 Å². The van der Waals surface area contributed by atoms with E-state index in [1.165, 1.54) is 7.76 Å². The summed E-state index contributed by atoms with van der Waals surface area (Å²) in [4.78, 5) is 5.63. The fraction of sp³-hybridized carbons (Fsp3) is 0.545. The van der Waals surface area contributed by atoms with E-state index in [1.54, 1.807) is 18.4 Å². The van der Waals surface area contributed by atoms with Crippen molar-refractivity contribution in [2.75, 3.05) is 20.3 Å². The number of ether oxygens (including phenoxy) is 1. The molecule has 0 aromatic carbocycles. The normalized spacial score (nSPS) is 13.7. The number of methoxy groups -OCH3 is 1. The highest BCUT2D eigenvalue weighted by molar-refractivity contribution is 14.1. The molecule has 17 heavy (non-hydrogen) atoms. The Kier molecular flexibility index (Phi) is 6.83. The van der Waals surface area contributed by atoms with Gasteiger partial charge in [0, 0.05) is 31.0 Å². The van der Waals surface area contributed by atoms with E-state index in [0.29, 0.717) is 12.6 Å². The number of nitrogens with two attached hydrogens (primary N) is 1. The molecule has 6 heteroatoms. The number of nitrogens with zero attached hydrogens (tertiary/aromatic N) is 1. The van der Waals surface area contributed by atoms with Crippen molar-refractivity contribution in [3.05, 3.63) is 19.9 Å². The molecule has 1 aromatic heterocycles. The van der Waals surface area contributed by atoms with E-state index in [4.69, 9.17) is 10.5 Å². The molecule has 1 aromatic rings. The van der Waals surface area contributed by atoms with Crippen molar-refractivity contribution in [1.82, 2.24) is 5.32 Å². The minimum absolute atomic E-state index is 0.187. The van der Waals surface area contributed by atoms with Gasteiger partial charge in [-0.05, 0) is 41.6 Å². The van der Waals surface area contributed by atoms with Gasteiger partial charge < -0.3 is 15.8 Å². The number of rotatable bonds is 6.